The second-order valence-corrected chi connectivity index (χ2v) is 5.81. The highest BCUT2D eigenvalue weighted by Gasteiger charge is 2.28. The zero-order chi connectivity index (χ0) is 15.7. The van der Waals surface area contributed by atoms with E-state index in [0.29, 0.717) is 23.0 Å². The molecular weight excluding hydrogens is 304 g/mol. The van der Waals surface area contributed by atoms with E-state index < -0.39 is 0 Å². The molecule has 2 aromatic rings. The third-order valence-corrected chi connectivity index (χ3v) is 4.01. The van der Waals surface area contributed by atoms with Crippen LogP contribution < -0.4 is 10.6 Å². The van der Waals surface area contributed by atoms with Crippen molar-refractivity contribution in [2.45, 2.75) is 25.3 Å². The quantitative estimate of drug-likeness (QED) is 0.681. The Bertz CT molecular complexity index is 680. The van der Waals surface area contributed by atoms with Crippen LogP contribution in [0.1, 0.15) is 29.6 Å². The highest BCUT2D eigenvalue weighted by Crippen LogP contribution is 2.28. The van der Waals surface area contributed by atoms with E-state index in [9.17, 15) is 4.79 Å². The molecule has 3 rings (SSSR count). The average Bonchev–Trinajstić information content (AvgIpc) is 3.06. The molecule has 1 saturated heterocycles. The number of nitrogens with zero attached hydrogens (tertiary/aromatic N) is 5. The molecule has 2 N–H and O–H groups in total. The van der Waals surface area contributed by atoms with E-state index in [1.165, 1.54) is 0 Å². The molecule has 3 heterocycles. The van der Waals surface area contributed by atoms with Gasteiger partial charge in [-0.15, -0.1) is 0 Å². The number of aryl methyl sites for hydroxylation is 1. The van der Waals surface area contributed by atoms with Gasteiger partial charge in [-0.05, 0) is 12.8 Å². The number of hydrogen-bond donors (Lipinski definition) is 1. The van der Waals surface area contributed by atoms with Crippen molar-refractivity contribution in [1.82, 2.24) is 19.7 Å². The van der Waals surface area contributed by atoms with Gasteiger partial charge in [-0.3, -0.25) is 9.48 Å². The van der Waals surface area contributed by atoms with Gasteiger partial charge in [-0.2, -0.15) is 10.1 Å². The molecule has 0 radical (unpaired) electrons. The molecule has 1 unspecified atom stereocenters. The van der Waals surface area contributed by atoms with Crippen molar-refractivity contribution >= 4 is 29.2 Å². The maximum atomic E-state index is 12.4. The van der Waals surface area contributed by atoms with E-state index in [1.807, 2.05) is 0 Å². The summed E-state index contributed by atoms with van der Waals surface area (Å²) in [7, 11) is 1.80. The minimum absolute atomic E-state index is 0.0816. The van der Waals surface area contributed by atoms with Gasteiger partial charge in [0.1, 0.15) is 11.0 Å². The normalized spacial score (nSPS) is 17.9. The standard InChI is InChI=1S/C14H17ClN6O/c1-20-8-9(7-17-20)11(22)5-10-3-2-4-21(10)13-6-12(15)18-14(16)19-13/h6-8,10H,2-5H2,1H3,(H2,16,18,19). The van der Waals surface area contributed by atoms with Gasteiger partial charge in [0, 0.05) is 38.3 Å². The maximum Gasteiger partial charge on any atom is 0.223 e. The minimum Gasteiger partial charge on any atom is -0.368 e. The number of nitrogen functional groups attached to an aromatic ring is 1. The van der Waals surface area contributed by atoms with Crippen molar-refractivity contribution in [3.05, 3.63) is 29.2 Å². The molecule has 7 nitrogen and oxygen atoms in total. The lowest BCUT2D eigenvalue weighted by atomic mass is 10.0. The molecule has 22 heavy (non-hydrogen) atoms. The molecule has 0 aliphatic carbocycles. The molecule has 0 amide bonds. The molecule has 1 aliphatic rings. The number of Topliss-reactive ketones (excluding diaryl/α,β-unsaturated/α-hetero) is 1. The topological polar surface area (TPSA) is 89.9 Å². The average molecular weight is 321 g/mol. The fourth-order valence-electron chi connectivity index (χ4n) is 2.82. The third-order valence-electron chi connectivity index (χ3n) is 3.82. The zero-order valence-electron chi connectivity index (χ0n) is 12.2. The summed E-state index contributed by atoms with van der Waals surface area (Å²) in [5.74, 6) is 0.906. The van der Waals surface area contributed by atoms with Crippen LogP contribution >= 0.6 is 11.6 Å². The lowest BCUT2D eigenvalue weighted by Crippen LogP contribution is -2.32. The molecular formula is C14H17ClN6O. The number of ketones is 1. The summed E-state index contributed by atoms with van der Waals surface area (Å²) in [6, 6.07) is 1.78. The number of aromatic nitrogens is 4. The molecule has 2 aromatic heterocycles. The Labute approximate surface area is 133 Å². The molecule has 8 heteroatoms. The highest BCUT2D eigenvalue weighted by molar-refractivity contribution is 6.29. The Kier molecular flexibility index (Phi) is 3.98. The summed E-state index contributed by atoms with van der Waals surface area (Å²) in [6.45, 7) is 0.831. The smallest absolute Gasteiger partial charge is 0.223 e. The molecule has 0 aromatic carbocycles. The lowest BCUT2D eigenvalue weighted by Gasteiger charge is -2.25. The molecule has 1 atom stereocenters. The lowest BCUT2D eigenvalue weighted by molar-refractivity contribution is 0.0974. The number of hydrogen-bond acceptors (Lipinski definition) is 6. The van der Waals surface area contributed by atoms with E-state index in [2.05, 4.69) is 20.0 Å². The second-order valence-electron chi connectivity index (χ2n) is 5.43. The van der Waals surface area contributed by atoms with Gasteiger partial charge < -0.3 is 10.6 Å². The second kappa shape index (κ2) is 5.92. The molecule has 116 valence electrons. The van der Waals surface area contributed by atoms with E-state index in [-0.39, 0.29) is 17.8 Å². The Morgan fingerprint density at radius 1 is 1.50 bits per heavy atom. The van der Waals surface area contributed by atoms with Gasteiger partial charge in [0.15, 0.2) is 5.78 Å². The van der Waals surface area contributed by atoms with Crippen LogP contribution in [0, 0.1) is 0 Å². The van der Waals surface area contributed by atoms with Crippen molar-refractivity contribution in [3.63, 3.8) is 0 Å². The summed E-state index contributed by atoms with van der Waals surface area (Å²) in [4.78, 5) is 22.5. The highest BCUT2D eigenvalue weighted by atomic mass is 35.5. The van der Waals surface area contributed by atoms with Crippen LogP contribution in [-0.4, -0.2) is 38.1 Å². The first-order chi connectivity index (χ1) is 10.5. The Morgan fingerprint density at radius 2 is 2.32 bits per heavy atom. The van der Waals surface area contributed by atoms with E-state index in [1.54, 1.807) is 30.2 Å². The van der Waals surface area contributed by atoms with E-state index in [4.69, 9.17) is 17.3 Å². The fraction of sp³-hybridized carbons (Fsp3) is 0.429. The van der Waals surface area contributed by atoms with Crippen LogP contribution in [0.3, 0.4) is 0 Å². The van der Waals surface area contributed by atoms with Gasteiger partial charge >= 0.3 is 0 Å². The largest absolute Gasteiger partial charge is 0.368 e. The van der Waals surface area contributed by atoms with E-state index in [0.717, 1.165) is 19.4 Å². The molecule has 1 aliphatic heterocycles. The van der Waals surface area contributed by atoms with Gasteiger partial charge in [-0.1, -0.05) is 11.6 Å². The van der Waals surface area contributed by atoms with Crippen LogP contribution in [-0.2, 0) is 7.05 Å². The zero-order valence-corrected chi connectivity index (χ0v) is 13.0. The first-order valence-electron chi connectivity index (χ1n) is 7.11. The first-order valence-corrected chi connectivity index (χ1v) is 7.49. The summed E-state index contributed by atoms with van der Waals surface area (Å²) < 4.78 is 1.63. The van der Waals surface area contributed by atoms with Crippen LogP contribution in [0.4, 0.5) is 11.8 Å². The van der Waals surface area contributed by atoms with Crippen molar-refractivity contribution in [2.75, 3.05) is 17.2 Å². The monoisotopic (exact) mass is 320 g/mol. The summed E-state index contributed by atoms with van der Waals surface area (Å²) in [5.41, 5.74) is 6.29. The number of carbonyl (C=O) groups is 1. The maximum absolute atomic E-state index is 12.4. The first kappa shape index (κ1) is 14.8. The molecule has 0 bridgehead atoms. The fourth-order valence-corrected chi connectivity index (χ4v) is 3.00. The van der Waals surface area contributed by atoms with Gasteiger partial charge in [0.25, 0.3) is 0 Å². The van der Waals surface area contributed by atoms with Gasteiger partial charge in [0.05, 0.1) is 11.8 Å². The molecule has 0 saturated carbocycles. The summed E-state index contributed by atoms with van der Waals surface area (Å²) >= 11 is 5.94. The van der Waals surface area contributed by atoms with E-state index >= 15 is 0 Å². The Morgan fingerprint density at radius 3 is 3.00 bits per heavy atom. The van der Waals surface area contributed by atoms with Crippen molar-refractivity contribution in [3.8, 4) is 0 Å². The van der Waals surface area contributed by atoms with Crippen molar-refractivity contribution in [2.24, 2.45) is 7.05 Å². The van der Waals surface area contributed by atoms with Crippen LogP contribution in [0.25, 0.3) is 0 Å². The van der Waals surface area contributed by atoms with Gasteiger partial charge in [-0.25, -0.2) is 4.98 Å². The Balaban J connectivity index is 1.77. The molecule has 0 spiro atoms. The third kappa shape index (κ3) is 3.04. The summed E-state index contributed by atoms with van der Waals surface area (Å²) in [5, 5.41) is 4.35. The summed E-state index contributed by atoms with van der Waals surface area (Å²) in [6.07, 6.45) is 5.70. The van der Waals surface area contributed by atoms with Crippen LogP contribution in [0.15, 0.2) is 18.5 Å². The van der Waals surface area contributed by atoms with Gasteiger partial charge in [0.2, 0.25) is 5.95 Å². The van der Waals surface area contributed by atoms with Crippen molar-refractivity contribution in [1.29, 1.82) is 0 Å². The predicted molar refractivity (Wildman–Crippen MR) is 84.0 cm³/mol. The number of rotatable bonds is 4. The molecule has 1 fully saturated rings. The number of nitrogens with two attached hydrogens (primary N) is 1. The minimum atomic E-state index is 0.0816. The van der Waals surface area contributed by atoms with Crippen LogP contribution in [0.5, 0.6) is 0 Å². The predicted octanol–water partition coefficient (Wildman–Crippen LogP) is 1.69. The SMILES string of the molecule is Cn1cc(C(=O)CC2CCCN2c2cc(Cl)nc(N)n2)cn1. The Hall–Kier alpha value is -2.15. The number of carbonyl (C=O) groups excluding carboxylic acids is 1. The number of halogens is 1. The van der Waals surface area contributed by atoms with Crippen molar-refractivity contribution < 1.29 is 4.79 Å². The number of anilines is 2. The van der Waals surface area contributed by atoms with Crippen LogP contribution in [0.2, 0.25) is 5.15 Å².